The lowest BCUT2D eigenvalue weighted by Gasteiger charge is -2.32. The Balaban J connectivity index is 2.48. The second-order valence-electron chi connectivity index (χ2n) is 4.41. The minimum Gasteiger partial charge on any atom is -0.367 e. The van der Waals surface area contributed by atoms with Crippen LogP contribution in [-0.2, 0) is 14.3 Å². The Hall–Kier alpha value is -0.900. The molecule has 0 aliphatic carbocycles. The van der Waals surface area contributed by atoms with Gasteiger partial charge < -0.3 is 9.64 Å². The average molecular weight is 213 g/mol. The van der Waals surface area contributed by atoms with Gasteiger partial charge in [-0.05, 0) is 12.8 Å². The molecule has 0 bridgehead atoms. The van der Waals surface area contributed by atoms with E-state index in [2.05, 4.69) is 0 Å². The first-order valence-electron chi connectivity index (χ1n) is 5.40. The Labute approximate surface area is 90.6 Å². The highest BCUT2D eigenvalue weighted by Gasteiger charge is 2.26. The van der Waals surface area contributed by atoms with Gasteiger partial charge in [-0.1, -0.05) is 13.8 Å². The van der Waals surface area contributed by atoms with Gasteiger partial charge in [-0.15, -0.1) is 0 Å². The number of amides is 1. The predicted octanol–water partition coefficient (Wildman–Crippen LogP) is 0.849. The van der Waals surface area contributed by atoms with E-state index < -0.39 is 6.10 Å². The van der Waals surface area contributed by atoms with E-state index >= 15 is 0 Å². The molecule has 1 rings (SSSR count). The van der Waals surface area contributed by atoms with E-state index in [1.54, 1.807) is 4.90 Å². The lowest BCUT2D eigenvalue weighted by atomic mass is 10.1. The van der Waals surface area contributed by atoms with Crippen LogP contribution in [0, 0.1) is 5.92 Å². The fourth-order valence-electron chi connectivity index (χ4n) is 1.60. The maximum absolute atomic E-state index is 11.7. The van der Waals surface area contributed by atoms with Crippen LogP contribution in [0.3, 0.4) is 0 Å². The number of ether oxygens (including phenoxy) is 1. The molecule has 0 N–H and O–H groups in total. The topological polar surface area (TPSA) is 46.6 Å². The van der Waals surface area contributed by atoms with Crippen molar-refractivity contribution in [3.8, 4) is 0 Å². The molecule has 1 aliphatic rings. The Morgan fingerprint density at radius 1 is 1.47 bits per heavy atom. The summed E-state index contributed by atoms with van der Waals surface area (Å²) in [5.41, 5.74) is 0. The van der Waals surface area contributed by atoms with Gasteiger partial charge in [0.15, 0.2) is 5.78 Å². The number of ketones is 1. The van der Waals surface area contributed by atoms with Crippen molar-refractivity contribution in [3.63, 3.8) is 0 Å². The highest BCUT2D eigenvalue weighted by atomic mass is 16.5. The fraction of sp³-hybridized carbons (Fsp3) is 0.818. The Morgan fingerprint density at radius 3 is 2.67 bits per heavy atom. The predicted molar refractivity (Wildman–Crippen MR) is 56.5 cm³/mol. The van der Waals surface area contributed by atoms with Crippen LogP contribution in [0.5, 0.6) is 0 Å². The Bertz CT molecular complexity index is 250. The summed E-state index contributed by atoms with van der Waals surface area (Å²) < 4.78 is 5.28. The van der Waals surface area contributed by atoms with Gasteiger partial charge >= 0.3 is 0 Å². The minimum absolute atomic E-state index is 0.00273. The average Bonchev–Trinajstić information content (AvgIpc) is 2.17. The SMILES string of the molecule is CC(=O)C1CN(C(=O)CC(C)C)CCO1. The van der Waals surface area contributed by atoms with Crippen molar-refractivity contribution in [2.24, 2.45) is 5.92 Å². The van der Waals surface area contributed by atoms with Crippen LogP contribution in [0.2, 0.25) is 0 Å². The van der Waals surface area contributed by atoms with E-state index in [4.69, 9.17) is 4.74 Å². The Morgan fingerprint density at radius 2 is 2.13 bits per heavy atom. The van der Waals surface area contributed by atoms with Crippen LogP contribution in [0.15, 0.2) is 0 Å². The Kier molecular flexibility index (Phi) is 4.27. The van der Waals surface area contributed by atoms with Crippen LogP contribution < -0.4 is 0 Å². The molecule has 86 valence electrons. The molecule has 1 heterocycles. The third-order valence-electron chi connectivity index (χ3n) is 2.46. The summed E-state index contributed by atoms with van der Waals surface area (Å²) in [4.78, 5) is 24.6. The van der Waals surface area contributed by atoms with Gasteiger partial charge in [0.1, 0.15) is 6.10 Å². The van der Waals surface area contributed by atoms with E-state index in [9.17, 15) is 9.59 Å². The summed E-state index contributed by atoms with van der Waals surface area (Å²) >= 11 is 0. The molecule has 1 atom stereocenters. The number of carbonyl (C=O) groups is 2. The minimum atomic E-state index is -0.421. The standard InChI is InChI=1S/C11H19NO3/c1-8(2)6-11(14)12-4-5-15-10(7-12)9(3)13/h8,10H,4-7H2,1-3H3. The van der Waals surface area contributed by atoms with Crippen LogP contribution >= 0.6 is 0 Å². The molecule has 15 heavy (non-hydrogen) atoms. The molecule has 0 spiro atoms. The first-order valence-corrected chi connectivity index (χ1v) is 5.40. The normalized spacial score (nSPS) is 21.9. The summed E-state index contributed by atoms with van der Waals surface area (Å²) in [7, 11) is 0. The molecule has 1 unspecified atom stereocenters. The number of hydrogen-bond donors (Lipinski definition) is 0. The van der Waals surface area contributed by atoms with E-state index in [1.165, 1.54) is 6.92 Å². The van der Waals surface area contributed by atoms with Crippen LogP contribution in [0.4, 0.5) is 0 Å². The van der Waals surface area contributed by atoms with Crippen molar-refractivity contribution >= 4 is 11.7 Å². The number of rotatable bonds is 3. The zero-order valence-corrected chi connectivity index (χ0v) is 9.66. The van der Waals surface area contributed by atoms with Gasteiger partial charge in [-0.25, -0.2) is 0 Å². The molecule has 1 amide bonds. The molecule has 0 aromatic rings. The van der Waals surface area contributed by atoms with Crippen LogP contribution in [0.1, 0.15) is 27.2 Å². The molecule has 0 radical (unpaired) electrons. The third-order valence-corrected chi connectivity index (χ3v) is 2.46. The van der Waals surface area contributed by atoms with E-state index in [-0.39, 0.29) is 11.7 Å². The highest BCUT2D eigenvalue weighted by Crippen LogP contribution is 2.10. The molecule has 4 nitrogen and oxygen atoms in total. The number of carbonyl (C=O) groups excluding carboxylic acids is 2. The number of hydrogen-bond acceptors (Lipinski definition) is 3. The second-order valence-corrected chi connectivity index (χ2v) is 4.41. The van der Waals surface area contributed by atoms with Crippen molar-refractivity contribution in [2.75, 3.05) is 19.7 Å². The summed E-state index contributed by atoms with van der Waals surface area (Å²) in [6, 6.07) is 0. The lowest BCUT2D eigenvalue weighted by molar-refractivity contribution is -0.145. The van der Waals surface area contributed by atoms with Gasteiger partial charge in [0, 0.05) is 13.0 Å². The van der Waals surface area contributed by atoms with E-state index in [1.807, 2.05) is 13.8 Å². The van der Waals surface area contributed by atoms with Crippen molar-refractivity contribution in [2.45, 2.75) is 33.3 Å². The van der Waals surface area contributed by atoms with Gasteiger partial charge in [0.2, 0.25) is 5.91 Å². The van der Waals surface area contributed by atoms with E-state index in [0.717, 1.165) is 0 Å². The maximum atomic E-state index is 11.7. The molecule has 0 aromatic heterocycles. The van der Waals surface area contributed by atoms with Gasteiger partial charge in [0.05, 0.1) is 13.2 Å². The smallest absolute Gasteiger partial charge is 0.223 e. The van der Waals surface area contributed by atoms with Gasteiger partial charge in [-0.3, -0.25) is 9.59 Å². The second kappa shape index (κ2) is 5.26. The van der Waals surface area contributed by atoms with Crippen molar-refractivity contribution < 1.29 is 14.3 Å². The molecule has 0 saturated carbocycles. The maximum Gasteiger partial charge on any atom is 0.223 e. The lowest BCUT2D eigenvalue weighted by Crippen LogP contribution is -2.48. The molecule has 1 saturated heterocycles. The molecule has 1 aliphatic heterocycles. The summed E-state index contributed by atoms with van der Waals surface area (Å²) in [5, 5.41) is 0. The molecular formula is C11H19NO3. The number of morpholine rings is 1. The van der Waals surface area contributed by atoms with E-state index in [0.29, 0.717) is 32.0 Å². The van der Waals surface area contributed by atoms with Crippen molar-refractivity contribution in [1.82, 2.24) is 4.90 Å². The monoisotopic (exact) mass is 213 g/mol. The van der Waals surface area contributed by atoms with Crippen LogP contribution in [0.25, 0.3) is 0 Å². The number of Topliss-reactive ketones (excluding diaryl/α,β-unsaturated/α-hetero) is 1. The first kappa shape index (κ1) is 12.2. The quantitative estimate of drug-likeness (QED) is 0.698. The molecule has 4 heteroatoms. The fourth-order valence-corrected chi connectivity index (χ4v) is 1.60. The largest absolute Gasteiger partial charge is 0.367 e. The third kappa shape index (κ3) is 3.63. The van der Waals surface area contributed by atoms with Crippen LogP contribution in [-0.4, -0.2) is 42.4 Å². The zero-order valence-electron chi connectivity index (χ0n) is 9.66. The van der Waals surface area contributed by atoms with Crippen molar-refractivity contribution in [3.05, 3.63) is 0 Å². The molecule has 0 aromatic carbocycles. The highest BCUT2D eigenvalue weighted by molar-refractivity contribution is 5.82. The number of nitrogens with zero attached hydrogens (tertiary/aromatic N) is 1. The molecular weight excluding hydrogens is 194 g/mol. The first-order chi connectivity index (χ1) is 7.00. The summed E-state index contributed by atoms with van der Waals surface area (Å²) in [6.07, 6.45) is 0.125. The zero-order chi connectivity index (χ0) is 11.4. The molecule has 1 fully saturated rings. The van der Waals surface area contributed by atoms with Gasteiger partial charge in [0.25, 0.3) is 0 Å². The summed E-state index contributed by atoms with van der Waals surface area (Å²) in [5.74, 6) is 0.479. The summed E-state index contributed by atoms with van der Waals surface area (Å²) in [6.45, 7) is 7.02. The van der Waals surface area contributed by atoms with Gasteiger partial charge in [-0.2, -0.15) is 0 Å². The van der Waals surface area contributed by atoms with Crippen molar-refractivity contribution in [1.29, 1.82) is 0 Å².